The van der Waals surface area contributed by atoms with Gasteiger partial charge in [0.05, 0.1) is 0 Å². The van der Waals surface area contributed by atoms with Crippen molar-refractivity contribution in [3.8, 4) is 0 Å². The second-order valence-corrected chi connectivity index (χ2v) is 8.24. The fraction of sp³-hybridized carbons (Fsp3) is 0.158. The lowest BCUT2D eigenvalue weighted by Crippen LogP contribution is -2.21. The van der Waals surface area contributed by atoms with Crippen LogP contribution in [0.1, 0.15) is 11.1 Å². The summed E-state index contributed by atoms with van der Waals surface area (Å²) in [5, 5.41) is 0.628. The van der Waals surface area contributed by atoms with Gasteiger partial charge in [-0.25, -0.2) is 4.67 Å². The first-order chi connectivity index (χ1) is 11.4. The highest BCUT2D eigenvalue weighted by molar-refractivity contribution is 7.55. The molecule has 1 atom stereocenters. The van der Waals surface area contributed by atoms with E-state index in [1.807, 2.05) is 30.3 Å². The summed E-state index contributed by atoms with van der Waals surface area (Å²) in [6, 6.07) is 16.9. The molecule has 0 aliphatic carbocycles. The molecule has 0 saturated carbocycles. The Bertz CT molecular complexity index is 744. The Hall–Kier alpha value is -1.80. The smallest absolute Gasteiger partial charge is 0.316 e. The Balaban J connectivity index is 2.14. The van der Waals surface area contributed by atoms with E-state index >= 15 is 0 Å². The Morgan fingerprint density at radius 2 is 1.83 bits per heavy atom. The lowest BCUT2D eigenvalue weighted by molar-refractivity contribution is 0.358. The van der Waals surface area contributed by atoms with Crippen LogP contribution in [0.25, 0.3) is 5.76 Å². The minimum absolute atomic E-state index is 0.361. The molecule has 0 aliphatic rings. The molecule has 1 unspecified atom stereocenters. The van der Waals surface area contributed by atoms with Gasteiger partial charge in [0.2, 0.25) is 0 Å². The molecule has 0 fully saturated rings. The van der Waals surface area contributed by atoms with Gasteiger partial charge in [0.25, 0.3) is 0 Å². The third-order valence-corrected chi connectivity index (χ3v) is 5.65. The van der Waals surface area contributed by atoms with Crippen LogP contribution in [0.2, 0.25) is 5.02 Å². The van der Waals surface area contributed by atoms with E-state index in [0.29, 0.717) is 23.9 Å². The summed E-state index contributed by atoms with van der Waals surface area (Å²) in [4.78, 5) is 0. The van der Waals surface area contributed by atoms with Gasteiger partial charge in [-0.05, 0) is 29.8 Å². The second-order valence-electron chi connectivity index (χ2n) is 5.45. The molecule has 5 heteroatoms. The number of halogens is 1. The van der Waals surface area contributed by atoms with Crippen molar-refractivity contribution in [3.05, 3.63) is 90.0 Å². The van der Waals surface area contributed by atoms with Gasteiger partial charge in [-0.15, -0.1) is 6.58 Å². The second kappa shape index (κ2) is 8.34. The zero-order chi connectivity index (χ0) is 17.6. The molecule has 0 N–H and O–H groups in total. The highest BCUT2D eigenvalue weighted by atomic mass is 35.5. The normalized spacial score (nSPS) is 13.3. The maximum atomic E-state index is 13.1. The van der Waals surface area contributed by atoms with E-state index in [1.54, 1.807) is 41.7 Å². The third-order valence-electron chi connectivity index (χ3n) is 3.51. The molecule has 126 valence electrons. The Morgan fingerprint density at radius 1 is 1.21 bits per heavy atom. The first-order valence-corrected chi connectivity index (χ1v) is 9.95. The molecule has 0 saturated heterocycles. The van der Waals surface area contributed by atoms with E-state index in [0.717, 1.165) is 11.1 Å². The van der Waals surface area contributed by atoms with Gasteiger partial charge in [0.15, 0.2) is 0 Å². The Kier molecular flexibility index (Phi) is 6.44. The number of rotatable bonds is 8. The van der Waals surface area contributed by atoms with Gasteiger partial charge < -0.3 is 4.52 Å². The molecule has 3 nitrogen and oxygen atoms in total. The molecule has 0 amide bonds. The minimum atomic E-state index is -3.09. The maximum absolute atomic E-state index is 13.1. The standard InChI is InChI=1S/C19H21ClNO2P/c1-4-14-21(15-17-8-6-5-7-9-17)24(3,22)23-16(2)18-10-12-19(20)13-11-18/h4-13H,1-2,14-15H2,3H3. The van der Waals surface area contributed by atoms with Crippen molar-refractivity contribution < 1.29 is 9.09 Å². The third kappa shape index (κ3) is 5.10. The highest BCUT2D eigenvalue weighted by Gasteiger charge is 2.27. The fourth-order valence-corrected chi connectivity index (χ4v) is 3.82. The molecular weight excluding hydrogens is 341 g/mol. The van der Waals surface area contributed by atoms with Crippen molar-refractivity contribution in [1.82, 2.24) is 4.67 Å². The van der Waals surface area contributed by atoms with Crippen LogP contribution in [0, 0.1) is 0 Å². The fourth-order valence-electron chi connectivity index (χ4n) is 2.24. The van der Waals surface area contributed by atoms with Crippen molar-refractivity contribution >= 4 is 24.9 Å². The van der Waals surface area contributed by atoms with Crippen LogP contribution in [0.5, 0.6) is 0 Å². The van der Waals surface area contributed by atoms with Crippen LogP contribution in [0.4, 0.5) is 0 Å². The summed E-state index contributed by atoms with van der Waals surface area (Å²) >= 11 is 5.89. The Labute approximate surface area is 148 Å². The highest BCUT2D eigenvalue weighted by Crippen LogP contribution is 2.51. The molecule has 2 rings (SSSR count). The minimum Gasteiger partial charge on any atom is -0.433 e. The van der Waals surface area contributed by atoms with Gasteiger partial charge in [0.1, 0.15) is 5.76 Å². The predicted octanol–water partition coefficient (Wildman–Crippen LogP) is 5.84. The molecule has 0 bridgehead atoms. The Morgan fingerprint density at radius 3 is 2.42 bits per heavy atom. The van der Waals surface area contributed by atoms with Crippen LogP contribution in [-0.2, 0) is 15.6 Å². The van der Waals surface area contributed by atoms with E-state index < -0.39 is 7.52 Å². The summed E-state index contributed by atoms with van der Waals surface area (Å²) < 4.78 is 20.6. The van der Waals surface area contributed by atoms with Crippen LogP contribution in [0.15, 0.2) is 73.8 Å². The van der Waals surface area contributed by atoms with E-state index in [1.165, 1.54) is 0 Å². The molecular formula is C19H21ClNO2P. The number of hydrogen-bond donors (Lipinski definition) is 0. The number of hydrogen-bond acceptors (Lipinski definition) is 2. The quantitative estimate of drug-likeness (QED) is 0.336. The van der Waals surface area contributed by atoms with E-state index in [4.69, 9.17) is 16.1 Å². The lowest BCUT2D eigenvalue weighted by atomic mass is 10.2. The van der Waals surface area contributed by atoms with Crippen LogP contribution in [-0.4, -0.2) is 17.9 Å². The molecule has 24 heavy (non-hydrogen) atoms. The van der Waals surface area contributed by atoms with Gasteiger partial charge >= 0.3 is 7.52 Å². The summed E-state index contributed by atoms with van der Waals surface area (Å²) in [6.07, 6.45) is 1.72. The average Bonchev–Trinajstić information content (AvgIpc) is 2.55. The lowest BCUT2D eigenvalue weighted by Gasteiger charge is -2.28. The first kappa shape index (κ1) is 18.5. The van der Waals surface area contributed by atoms with Crippen molar-refractivity contribution in [1.29, 1.82) is 0 Å². The van der Waals surface area contributed by atoms with Crippen LogP contribution in [0.3, 0.4) is 0 Å². The SMILES string of the molecule is C=CCN(Cc1ccccc1)P(C)(=O)OC(=C)c1ccc(Cl)cc1. The van der Waals surface area contributed by atoms with Gasteiger partial charge in [-0.2, -0.15) is 0 Å². The molecule has 0 radical (unpaired) electrons. The molecule has 0 aliphatic heterocycles. The van der Waals surface area contributed by atoms with Crippen molar-refractivity contribution in [3.63, 3.8) is 0 Å². The first-order valence-electron chi connectivity index (χ1n) is 7.54. The van der Waals surface area contributed by atoms with Crippen molar-refractivity contribution in [2.45, 2.75) is 6.54 Å². The summed E-state index contributed by atoms with van der Waals surface area (Å²) in [7, 11) is -3.09. The number of benzene rings is 2. The molecule has 2 aromatic carbocycles. The summed E-state index contributed by atoms with van der Waals surface area (Å²) in [5.74, 6) is 0.361. The van der Waals surface area contributed by atoms with Gasteiger partial charge in [-0.1, -0.05) is 54.6 Å². The predicted molar refractivity (Wildman–Crippen MR) is 102 cm³/mol. The molecule has 0 spiro atoms. The molecule has 2 aromatic rings. The van der Waals surface area contributed by atoms with Gasteiger partial charge in [0, 0.05) is 30.3 Å². The van der Waals surface area contributed by atoms with Crippen molar-refractivity contribution in [2.75, 3.05) is 13.2 Å². The zero-order valence-corrected chi connectivity index (χ0v) is 15.3. The zero-order valence-electron chi connectivity index (χ0n) is 13.7. The monoisotopic (exact) mass is 361 g/mol. The van der Waals surface area contributed by atoms with E-state index in [9.17, 15) is 4.57 Å². The number of nitrogens with zero attached hydrogens (tertiary/aromatic N) is 1. The van der Waals surface area contributed by atoms with Gasteiger partial charge in [-0.3, -0.25) is 4.57 Å². The van der Waals surface area contributed by atoms with E-state index in [2.05, 4.69) is 13.2 Å². The van der Waals surface area contributed by atoms with E-state index in [-0.39, 0.29) is 0 Å². The van der Waals surface area contributed by atoms with Crippen LogP contribution >= 0.6 is 19.1 Å². The largest absolute Gasteiger partial charge is 0.433 e. The molecule has 0 aromatic heterocycles. The van der Waals surface area contributed by atoms with Crippen molar-refractivity contribution in [2.24, 2.45) is 0 Å². The summed E-state index contributed by atoms with van der Waals surface area (Å²) in [6.45, 7) is 10.2. The summed E-state index contributed by atoms with van der Waals surface area (Å²) in [5.41, 5.74) is 1.81. The average molecular weight is 362 g/mol. The topological polar surface area (TPSA) is 29.5 Å². The maximum Gasteiger partial charge on any atom is 0.316 e. The van der Waals surface area contributed by atoms with Crippen LogP contribution < -0.4 is 0 Å². The molecule has 0 heterocycles.